The van der Waals surface area contributed by atoms with Crippen LogP contribution in [0.3, 0.4) is 0 Å². The average Bonchev–Trinajstić information content (AvgIpc) is 2.93. The maximum Gasteiger partial charge on any atom is 0.266 e. The molecule has 2 heterocycles. The van der Waals surface area contributed by atoms with E-state index in [4.69, 9.17) is 5.26 Å². The number of amides is 1. The van der Waals surface area contributed by atoms with Gasteiger partial charge in [0.05, 0.1) is 0 Å². The van der Waals surface area contributed by atoms with E-state index in [9.17, 15) is 4.79 Å². The fourth-order valence-corrected chi connectivity index (χ4v) is 2.11. The van der Waals surface area contributed by atoms with Gasteiger partial charge in [-0.15, -0.1) is 11.3 Å². The maximum absolute atomic E-state index is 12.0. The summed E-state index contributed by atoms with van der Waals surface area (Å²) in [4.78, 5) is 17.7. The Morgan fingerprint density at radius 3 is 3.00 bits per heavy atom. The molecule has 0 spiro atoms. The van der Waals surface area contributed by atoms with Crippen molar-refractivity contribution in [3.8, 4) is 6.07 Å². The molecule has 7 heteroatoms. The number of nitrogens with zero attached hydrogens (tertiary/aromatic N) is 3. The molecule has 6 nitrogen and oxygen atoms in total. The molecule has 0 aromatic carbocycles. The largest absolute Gasteiger partial charge is 0.337 e. The molecule has 1 aromatic rings. The Hall–Kier alpha value is -1.91. The van der Waals surface area contributed by atoms with E-state index >= 15 is 0 Å². The third-order valence-corrected chi connectivity index (χ3v) is 3.23. The molecular formula is C11H13N5OS. The number of piperazine rings is 1. The summed E-state index contributed by atoms with van der Waals surface area (Å²) in [5.74, 6) is -0.233. The zero-order chi connectivity index (χ0) is 12.8. The van der Waals surface area contributed by atoms with Gasteiger partial charge in [0, 0.05) is 44.0 Å². The zero-order valence-electron chi connectivity index (χ0n) is 9.72. The van der Waals surface area contributed by atoms with Crippen molar-refractivity contribution < 1.29 is 4.79 Å². The van der Waals surface area contributed by atoms with Gasteiger partial charge in [0.25, 0.3) is 5.91 Å². The predicted molar refractivity (Wildman–Crippen MR) is 68.9 cm³/mol. The highest BCUT2D eigenvalue weighted by atomic mass is 32.1. The van der Waals surface area contributed by atoms with Gasteiger partial charge in [-0.3, -0.25) is 4.79 Å². The van der Waals surface area contributed by atoms with E-state index < -0.39 is 0 Å². The van der Waals surface area contributed by atoms with Gasteiger partial charge in [0.15, 0.2) is 5.13 Å². The van der Waals surface area contributed by atoms with Crippen LogP contribution in [0, 0.1) is 11.3 Å². The van der Waals surface area contributed by atoms with E-state index in [1.807, 2.05) is 11.4 Å². The molecule has 0 atom stereocenters. The summed E-state index contributed by atoms with van der Waals surface area (Å²) in [6, 6.07) is 1.93. The average molecular weight is 263 g/mol. The molecule has 1 fully saturated rings. The number of nitriles is 1. The number of hydrogen-bond donors (Lipinski definition) is 2. The number of carbonyl (C=O) groups excluding carboxylic acids is 1. The van der Waals surface area contributed by atoms with Crippen LogP contribution in [0.25, 0.3) is 0 Å². The van der Waals surface area contributed by atoms with Gasteiger partial charge in [-0.25, -0.2) is 4.98 Å². The van der Waals surface area contributed by atoms with Crippen molar-refractivity contribution in [1.82, 2.24) is 15.2 Å². The molecule has 2 rings (SSSR count). The first-order valence-corrected chi connectivity index (χ1v) is 6.45. The predicted octanol–water partition coefficient (Wildman–Crippen LogP) is 0.394. The molecule has 0 saturated carbocycles. The fraction of sp³-hybridized carbons (Fsp3) is 0.364. The van der Waals surface area contributed by atoms with Crippen LogP contribution < -0.4 is 10.6 Å². The smallest absolute Gasteiger partial charge is 0.266 e. The molecule has 0 bridgehead atoms. The normalized spacial score (nSPS) is 16.2. The summed E-state index contributed by atoms with van der Waals surface area (Å²) in [5, 5.41) is 17.5. The first-order valence-electron chi connectivity index (χ1n) is 5.57. The molecule has 1 saturated heterocycles. The third-order valence-electron chi connectivity index (χ3n) is 2.53. The SMILES string of the molecule is N#C/C(=C/Nc1nccs1)C(=O)N1CCNCC1. The Balaban J connectivity index is 2.01. The molecule has 1 amide bonds. The van der Waals surface area contributed by atoms with Crippen LogP contribution in [0.2, 0.25) is 0 Å². The molecule has 18 heavy (non-hydrogen) atoms. The highest BCUT2D eigenvalue weighted by molar-refractivity contribution is 7.13. The van der Waals surface area contributed by atoms with Crippen LogP contribution in [0.5, 0.6) is 0 Å². The van der Waals surface area contributed by atoms with Crippen molar-refractivity contribution in [1.29, 1.82) is 5.26 Å². The number of carbonyl (C=O) groups is 1. The number of rotatable bonds is 3. The van der Waals surface area contributed by atoms with Crippen molar-refractivity contribution in [3.05, 3.63) is 23.3 Å². The lowest BCUT2D eigenvalue weighted by atomic mass is 10.2. The van der Waals surface area contributed by atoms with Gasteiger partial charge >= 0.3 is 0 Å². The lowest BCUT2D eigenvalue weighted by Gasteiger charge is -2.27. The summed E-state index contributed by atoms with van der Waals surface area (Å²) >= 11 is 1.41. The minimum atomic E-state index is -0.233. The van der Waals surface area contributed by atoms with Gasteiger partial charge in [-0.2, -0.15) is 5.26 Å². The van der Waals surface area contributed by atoms with Gasteiger partial charge in [0.2, 0.25) is 0 Å². The first-order chi connectivity index (χ1) is 8.81. The summed E-state index contributed by atoms with van der Waals surface area (Å²) in [6.07, 6.45) is 3.08. The van der Waals surface area contributed by atoms with E-state index in [-0.39, 0.29) is 11.5 Å². The van der Waals surface area contributed by atoms with Crippen molar-refractivity contribution in [2.45, 2.75) is 0 Å². The summed E-state index contributed by atoms with van der Waals surface area (Å²) < 4.78 is 0. The lowest BCUT2D eigenvalue weighted by molar-refractivity contribution is -0.127. The Labute approximate surface area is 109 Å². The molecule has 94 valence electrons. The Bertz CT molecular complexity index is 470. The Morgan fingerprint density at radius 2 is 2.39 bits per heavy atom. The zero-order valence-corrected chi connectivity index (χ0v) is 10.5. The second-order valence-corrected chi connectivity index (χ2v) is 4.59. The van der Waals surface area contributed by atoms with Crippen molar-refractivity contribution >= 4 is 22.4 Å². The molecule has 0 radical (unpaired) electrons. The molecule has 1 aromatic heterocycles. The van der Waals surface area contributed by atoms with Gasteiger partial charge in [-0.1, -0.05) is 0 Å². The third kappa shape index (κ3) is 3.06. The van der Waals surface area contributed by atoms with E-state index in [1.54, 1.807) is 11.1 Å². The van der Waals surface area contributed by atoms with Gasteiger partial charge < -0.3 is 15.5 Å². The highest BCUT2D eigenvalue weighted by Gasteiger charge is 2.19. The van der Waals surface area contributed by atoms with Crippen molar-refractivity contribution in [2.75, 3.05) is 31.5 Å². The van der Waals surface area contributed by atoms with E-state index in [1.165, 1.54) is 17.5 Å². The van der Waals surface area contributed by atoms with Crippen LogP contribution in [0.4, 0.5) is 5.13 Å². The van der Waals surface area contributed by atoms with Crippen LogP contribution in [0.1, 0.15) is 0 Å². The van der Waals surface area contributed by atoms with E-state index in [0.717, 1.165) is 13.1 Å². The van der Waals surface area contributed by atoms with Crippen molar-refractivity contribution in [2.24, 2.45) is 0 Å². The molecule has 1 aliphatic heterocycles. The molecule has 0 unspecified atom stereocenters. The minimum Gasteiger partial charge on any atom is -0.337 e. The number of nitrogens with one attached hydrogen (secondary N) is 2. The van der Waals surface area contributed by atoms with E-state index in [2.05, 4.69) is 15.6 Å². The topological polar surface area (TPSA) is 81.0 Å². The number of thiazole rings is 1. The monoisotopic (exact) mass is 263 g/mol. The Morgan fingerprint density at radius 1 is 1.61 bits per heavy atom. The molecular weight excluding hydrogens is 250 g/mol. The second kappa shape index (κ2) is 6.14. The lowest BCUT2D eigenvalue weighted by Crippen LogP contribution is -2.46. The van der Waals surface area contributed by atoms with Crippen LogP contribution in [-0.2, 0) is 4.79 Å². The molecule has 0 aliphatic carbocycles. The quantitative estimate of drug-likeness (QED) is 0.609. The second-order valence-electron chi connectivity index (χ2n) is 3.69. The van der Waals surface area contributed by atoms with Crippen LogP contribution in [0.15, 0.2) is 23.3 Å². The number of aromatic nitrogens is 1. The minimum absolute atomic E-state index is 0.104. The van der Waals surface area contributed by atoms with Crippen molar-refractivity contribution in [3.63, 3.8) is 0 Å². The molecule has 2 N–H and O–H groups in total. The van der Waals surface area contributed by atoms with Crippen LogP contribution >= 0.6 is 11.3 Å². The fourth-order valence-electron chi connectivity index (χ4n) is 1.61. The van der Waals surface area contributed by atoms with Gasteiger partial charge in [0.1, 0.15) is 11.6 Å². The number of anilines is 1. The summed E-state index contributed by atoms with van der Waals surface area (Å²) in [5.41, 5.74) is 0.104. The first kappa shape index (κ1) is 12.5. The number of hydrogen-bond acceptors (Lipinski definition) is 6. The van der Waals surface area contributed by atoms with Crippen LogP contribution in [-0.4, -0.2) is 42.0 Å². The maximum atomic E-state index is 12.0. The standard InChI is InChI=1S/C11H13N5OS/c12-7-9(8-15-11-14-3-6-18-11)10(17)16-4-1-13-2-5-16/h3,6,8,13H,1-2,4-5H2,(H,14,15)/b9-8-. The van der Waals surface area contributed by atoms with E-state index in [0.29, 0.717) is 18.2 Å². The Kier molecular flexibility index (Phi) is 4.28. The molecule has 1 aliphatic rings. The summed E-state index contributed by atoms with van der Waals surface area (Å²) in [7, 11) is 0. The van der Waals surface area contributed by atoms with Gasteiger partial charge in [-0.05, 0) is 0 Å². The summed E-state index contributed by atoms with van der Waals surface area (Å²) in [6.45, 7) is 2.80. The highest BCUT2D eigenvalue weighted by Crippen LogP contribution is 2.11.